The SMILES string of the molecule is CSCCC(C)NS(=O)(=O)c1ccc(CBr)cc1. The summed E-state index contributed by atoms with van der Waals surface area (Å²) in [5.41, 5.74) is 1.06. The maximum atomic E-state index is 12.1. The summed E-state index contributed by atoms with van der Waals surface area (Å²) in [6.45, 7) is 1.89. The Kier molecular flexibility index (Phi) is 6.70. The van der Waals surface area contributed by atoms with Crippen molar-refractivity contribution in [1.29, 1.82) is 0 Å². The Hall–Kier alpha value is -0.0400. The molecule has 0 heterocycles. The molecule has 1 aromatic carbocycles. The largest absolute Gasteiger partial charge is 0.240 e. The number of hydrogen-bond donors (Lipinski definition) is 1. The fourth-order valence-electron chi connectivity index (χ4n) is 1.44. The summed E-state index contributed by atoms with van der Waals surface area (Å²) in [5, 5.41) is 0.727. The quantitative estimate of drug-likeness (QED) is 0.768. The molecule has 1 rings (SSSR count). The number of benzene rings is 1. The molecule has 0 spiro atoms. The van der Waals surface area contributed by atoms with Crippen LogP contribution in [0, 0.1) is 0 Å². The third-order valence-corrected chi connectivity index (χ3v) is 5.40. The fourth-order valence-corrected chi connectivity index (χ4v) is 3.69. The Morgan fingerprint density at radius 1 is 1.33 bits per heavy atom. The summed E-state index contributed by atoms with van der Waals surface area (Å²) in [7, 11) is -3.39. The molecule has 6 heteroatoms. The lowest BCUT2D eigenvalue weighted by Gasteiger charge is -2.13. The first-order valence-corrected chi connectivity index (χ1v) is 9.65. The third-order valence-electron chi connectivity index (χ3n) is 2.50. The third kappa shape index (κ3) is 4.91. The van der Waals surface area contributed by atoms with Crippen LogP contribution in [0.4, 0.5) is 0 Å². The zero-order chi connectivity index (χ0) is 13.6. The van der Waals surface area contributed by atoms with Gasteiger partial charge in [-0.25, -0.2) is 13.1 Å². The molecule has 18 heavy (non-hydrogen) atoms. The van der Waals surface area contributed by atoms with Gasteiger partial charge in [0.2, 0.25) is 10.0 Å². The van der Waals surface area contributed by atoms with Crippen LogP contribution in [0.5, 0.6) is 0 Å². The first-order chi connectivity index (χ1) is 8.49. The van der Waals surface area contributed by atoms with Crippen LogP contribution in [0.1, 0.15) is 18.9 Å². The fraction of sp³-hybridized carbons (Fsp3) is 0.500. The summed E-state index contributed by atoms with van der Waals surface area (Å²) < 4.78 is 26.8. The zero-order valence-electron chi connectivity index (χ0n) is 10.5. The molecule has 1 unspecified atom stereocenters. The lowest BCUT2D eigenvalue weighted by molar-refractivity contribution is 0.557. The first kappa shape index (κ1) is 16.0. The van der Waals surface area contributed by atoms with Crippen molar-refractivity contribution in [2.45, 2.75) is 29.6 Å². The van der Waals surface area contributed by atoms with Crippen molar-refractivity contribution >= 4 is 37.7 Å². The highest BCUT2D eigenvalue weighted by Crippen LogP contribution is 2.13. The molecule has 1 aromatic rings. The number of nitrogens with one attached hydrogen (secondary N) is 1. The van der Waals surface area contributed by atoms with Crippen LogP contribution in [0.25, 0.3) is 0 Å². The van der Waals surface area contributed by atoms with Gasteiger partial charge in [-0.05, 0) is 43.0 Å². The molecule has 0 aromatic heterocycles. The van der Waals surface area contributed by atoms with Gasteiger partial charge in [0.1, 0.15) is 0 Å². The lowest BCUT2D eigenvalue weighted by atomic mass is 10.2. The monoisotopic (exact) mass is 351 g/mol. The van der Waals surface area contributed by atoms with Gasteiger partial charge in [0, 0.05) is 11.4 Å². The van der Waals surface area contributed by atoms with Crippen LogP contribution in [-0.4, -0.2) is 26.5 Å². The standard InChI is InChI=1S/C12H18BrNO2S2/c1-10(7-8-17-2)14-18(15,16)12-5-3-11(9-13)4-6-12/h3-6,10,14H,7-9H2,1-2H3. The second kappa shape index (κ2) is 7.53. The second-order valence-corrected chi connectivity index (χ2v) is 7.34. The molecule has 0 aliphatic heterocycles. The minimum atomic E-state index is -3.39. The molecule has 0 saturated carbocycles. The van der Waals surface area contributed by atoms with Crippen LogP contribution < -0.4 is 4.72 Å². The van der Waals surface area contributed by atoms with E-state index in [9.17, 15) is 8.42 Å². The van der Waals surface area contributed by atoms with E-state index >= 15 is 0 Å². The van der Waals surface area contributed by atoms with Gasteiger partial charge in [-0.2, -0.15) is 11.8 Å². The highest BCUT2D eigenvalue weighted by Gasteiger charge is 2.16. The smallest absolute Gasteiger partial charge is 0.208 e. The average Bonchev–Trinajstić information content (AvgIpc) is 2.36. The number of alkyl halides is 1. The van der Waals surface area contributed by atoms with E-state index in [0.29, 0.717) is 4.90 Å². The minimum absolute atomic E-state index is 0.0432. The lowest BCUT2D eigenvalue weighted by Crippen LogP contribution is -2.32. The normalized spacial score (nSPS) is 13.5. The van der Waals surface area contributed by atoms with Crippen LogP contribution in [0.15, 0.2) is 29.2 Å². The maximum Gasteiger partial charge on any atom is 0.240 e. The average molecular weight is 352 g/mol. The zero-order valence-corrected chi connectivity index (χ0v) is 13.7. The molecule has 1 atom stereocenters. The minimum Gasteiger partial charge on any atom is -0.208 e. The summed E-state index contributed by atoms with van der Waals surface area (Å²) in [6, 6.07) is 6.87. The number of hydrogen-bond acceptors (Lipinski definition) is 3. The highest BCUT2D eigenvalue weighted by molar-refractivity contribution is 9.08. The Labute approximate surface area is 122 Å². The predicted molar refractivity (Wildman–Crippen MR) is 81.9 cm³/mol. The number of thioether (sulfide) groups is 1. The van der Waals surface area contributed by atoms with E-state index in [-0.39, 0.29) is 6.04 Å². The molecule has 3 nitrogen and oxygen atoms in total. The molecule has 0 amide bonds. The molecule has 102 valence electrons. The van der Waals surface area contributed by atoms with Crippen molar-refractivity contribution in [1.82, 2.24) is 4.72 Å². The summed E-state index contributed by atoms with van der Waals surface area (Å²) in [5.74, 6) is 0.951. The summed E-state index contributed by atoms with van der Waals surface area (Å²) in [4.78, 5) is 0.322. The van der Waals surface area contributed by atoms with Crippen molar-refractivity contribution in [2.75, 3.05) is 12.0 Å². The van der Waals surface area contributed by atoms with Crippen LogP contribution in [0.3, 0.4) is 0 Å². The van der Waals surface area contributed by atoms with E-state index in [1.54, 1.807) is 23.9 Å². The van der Waals surface area contributed by atoms with Crippen LogP contribution in [0.2, 0.25) is 0 Å². The molecule has 0 radical (unpaired) electrons. The Balaban J connectivity index is 2.73. The highest BCUT2D eigenvalue weighted by atomic mass is 79.9. The summed E-state index contributed by atoms with van der Waals surface area (Å²) in [6.07, 6.45) is 2.85. The van der Waals surface area contributed by atoms with Crippen molar-refractivity contribution in [3.8, 4) is 0 Å². The van der Waals surface area contributed by atoms with Crippen molar-refractivity contribution in [3.05, 3.63) is 29.8 Å². The number of sulfonamides is 1. The van der Waals surface area contributed by atoms with Gasteiger partial charge in [-0.15, -0.1) is 0 Å². The Morgan fingerprint density at radius 3 is 2.44 bits per heavy atom. The maximum absolute atomic E-state index is 12.1. The van der Waals surface area contributed by atoms with Gasteiger partial charge in [0.15, 0.2) is 0 Å². The van der Waals surface area contributed by atoms with Crippen LogP contribution in [-0.2, 0) is 15.4 Å². The molecule has 0 saturated heterocycles. The van der Waals surface area contributed by atoms with E-state index in [1.165, 1.54) is 0 Å². The predicted octanol–water partition coefficient (Wildman–Crippen LogP) is 3.00. The molecule has 0 fully saturated rings. The topological polar surface area (TPSA) is 46.2 Å². The molecule has 0 bridgehead atoms. The Bertz CT molecular complexity index is 459. The summed E-state index contributed by atoms with van der Waals surface area (Å²) >= 11 is 5.05. The molecule has 0 aliphatic rings. The second-order valence-electron chi connectivity index (χ2n) is 4.08. The van der Waals surface area contributed by atoms with E-state index in [4.69, 9.17) is 0 Å². The van der Waals surface area contributed by atoms with Gasteiger partial charge in [-0.3, -0.25) is 0 Å². The van der Waals surface area contributed by atoms with Gasteiger partial charge in [0.25, 0.3) is 0 Å². The number of rotatable bonds is 7. The Morgan fingerprint density at radius 2 is 1.94 bits per heavy atom. The molecule has 0 aliphatic carbocycles. The number of halogens is 1. The van der Waals surface area contributed by atoms with E-state index in [0.717, 1.165) is 23.1 Å². The van der Waals surface area contributed by atoms with E-state index in [2.05, 4.69) is 20.7 Å². The molecular formula is C12H18BrNO2S2. The van der Waals surface area contributed by atoms with Gasteiger partial charge >= 0.3 is 0 Å². The van der Waals surface area contributed by atoms with Gasteiger partial charge < -0.3 is 0 Å². The van der Waals surface area contributed by atoms with Crippen LogP contribution >= 0.6 is 27.7 Å². The van der Waals surface area contributed by atoms with E-state index < -0.39 is 10.0 Å². The van der Waals surface area contributed by atoms with Gasteiger partial charge in [-0.1, -0.05) is 28.1 Å². The van der Waals surface area contributed by atoms with E-state index in [1.807, 2.05) is 25.3 Å². The molecule has 1 N–H and O–H groups in total. The van der Waals surface area contributed by atoms with Crippen molar-refractivity contribution in [2.24, 2.45) is 0 Å². The van der Waals surface area contributed by atoms with Crippen molar-refractivity contribution < 1.29 is 8.42 Å². The first-order valence-electron chi connectivity index (χ1n) is 5.65. The molecular weight excluding hydrogens is 334 g/mol. The van der Waals surface area contributed by atoms with Gasteiger partial charge in [0.05, 0.1) is 4.90 Å². The van der Waals surface area contributed by atoms with Crippen molar-refractivity contribution in [3.63, 3.8) is 0 Å².